The van der Waals surface area contributed by atoms with Gasteiger partial charge in [0.1, 0.15) is 11.5 Å². The van der Waals surface area contributed by atoms with Gasteiger partial charge in [0.25, 0.3) is 0 Å². The molecule has 0 fully saturated rings. The van der Waals surface area contributed by atoms with E-state index in [4.69, 9.17) is 20.9 Å². The summed E-state index contributed by atoms with van der Waals surface area (Å²) in [7, 11) is 0. The van der Waals surface area contributed by atoms with Crippen molar-refractivity contribution in [1.29, 1.82) is 0 Å². The number of ether oxygens (including phenoxy) is 2. The van der Waals surface area contributed by atoms with Crippen LogP contribution in [0.1, 0.15) is 5.56 Å². The predicted molar refractivity (Wildman–Crippen MR) is 72.6 cm³/mol. The molecule has 2 aromatic carbocycles. The first-order chi connectivity index (χ1) is 8.66. The van der Waals surface area contributed by atoms with Gasteiger partial charge in [-0.1, -0.05) is 18.2 Å². The van der Waals surface area contributed by atoms with Crippen LogP contribution in [0.4, 0.5) is 11.4 Å². The van der Waals surface area contributed by atoms with Crippen molar-refractivity contribution in [2.75, 3.05) is 18.3 Å². The Balaban J connectivity index is 1.92. The fraction of sp³-hybridized carbons (Fsp3) is 0.143. The number of aryl methyl sites for hydroxylation is 1. The zero-order valence-corrected chi connectivity index (χ0v) is 10.2. The van der Waals surface area contributed by atoms with Crippen LogP contribution in [-0.2, 0) is 0 Å². The van der Waals surface area contributed by atoms with Crippen molar-refractivity contribution in [2.24, 2.45) is 0 Å². The van der Waals surface area contributed by atoms with Crippen LogP contribution >= 0.6 is 0 Å². The quantitative estimate of drug-likeness (QED) is 0.640. The van der Waals surface area contributed by atoms with Crippen LogP contribution in [0.2, 0.25) is 0 Å². The lowest BCUT2D eigenvalue weighted by molar-refractivity contribution is 0.120. The van der Waals surface area contributed by atoms with Crippen LogP contribution in [-0.4, -0.2) is 6.79 Å². The summed E-state index contributed by atoms with van der Waals surface area (Å²) in [6.45, 7) is 2.04. The van der Waals surface area contributed by atoms with E-state index in [1.54, 1.807) is 18.2 Å². The molecule has 0 amide bonds. The van der Waals surface area contributed by atoms with E-state index >= 15 is 0 Å². The molecule has 4 N–H and O–H groups in total. The van der Waals surface area contributed by atoms with Gasteiger partial charge in [-0.2, -0.15) is 0 Å². The van der Waals surface area contributed by atoms with Crippen LogP contribution < -0.4 is 20.9 Å². The highest BCUT2D eigenvalue weighted by Crippen LogP contribution is 2.21. The molecular weight excluding hydrogens is 228 g/mol. The lowest BCUT2D eigenvalue weighted by atomic mass is 10.2. The lowest BCUT2D eigenvalue weighted by Gasteiger charge is -2.11. The second-order valence-electron chi connectivity index (χ2n) is 3.96. The molecule has 0 aliphatic rings. The highest BCUT2D eigenvalue weighted by molar-refractivity contribution is 5.52. The van der Waals surface area contributed by atoms with Gasteiger partial charge in [0, 0.05) is 11.8 Å². The standard InChI is InChI=1S/C14H16N2O2/c1-10-6-7-11(8-13(10)16)17-9-18-14-5-3-2-4-12(14)15/h2-8H,9,15-16H2,1H3. The van der Waals surface area contributed by atoms with Gasteiger partial charge in [-0.25, -0.2) is 0 Å². The Morgan fingerprint density at radius 3 is 2.44 bits per heavy atom. The number of anilines is 2. The summed E-state index contributed by atoms with van der Waals surface area (Å²) in [5.74, 6) is 1.28. The Labute approximate surface area is 106 Å². The molecule has 0 radical (unpaired) electrons. The van der Waals surface area contributed by atoms with Crippen LogP contribution in [0.15, 0.2) is 42.5 Å². The number of hydrogen-bond donors (Lipinski definition) is 2. The molecule has 2 aromatic rings. The van der Waals surface area contributed by atoms with Crippen molar-refractivity contribution in [1.82, 2.24) is 0 Å². The molecule has 0 atom stereocenters. The molecule has 0 aliphatic heterocycles. The molecular formula is C14H16N2O2. The largest absolute Gasteiger partial charge is 0.457 e. The fourth-order valence-electron chi connectivity index (χ4n) is 1.48. The van der Waals surface area contributed by atoms with Crippen LogP contribution in [0, 0.1) is 6.92 Å². The number of rotatable bonds is 4. The molecule has 2 rings (SSSR count). The molecule has 0 spiro atoms. The minimum absolute atomic E-state index is 0.0940. The topological polar surface area (TPSA) is 70.5 Å². The van der Waals surface area contributed by atoms with Crippen molar-refractivity contribution in [2.45, 2.75) is 6.92 Å². The van der Waals surface area contributed by atoms with Gasteiger partial charge in [0.2, 0.25) is 6.79 Å². The van der Waals surface area contributed by atoms with Crippen LogP contribution in [0.3, 0.4) is 0 Å². The van der Waals surface area contributed by atoms with Crippen LogP contribution in [0.25, 0.3) is 0 Å². The molecule has 18 heavy (non-hydrogen) atoms. The average molecular weight is 244 g/mol. The van der Waals surface area contributed by atoms with E-state index < -0.39 is 0 Å². The Morgan fingerprint density at radius 1 is 0.944 bits per heavy atom. The summed E-state index contributed by atoms with van der Waals surface area (Å²) in [5, 5.41) is 0. The number of nitrogens with two attached hydrogens (primary N) is 2. The van der Waals surface area contributed by atoms with Gasteiger partial charge < -0.3 is 20.9 Å². The smallest absolute Gasteiger partial charge is 0.230 e. The number of benzene rings is 2. The van der Waals surface area contributed by atoms with Crippen molar-refractivity contribution in [3.05, 3.63) is 48.0 Å². The third-order valence-corrected chi connectivity index (χ3v) is 2.61. The van der Waals surface area contributed by atoms with Gasteiger partial charge in [0.15, 0.2) is 0 Å². The first-order valence-electron chi connectivity index (χ1n) is 5.63. The van der Waals surface area contributed by atoms with Gasteiger partial charge in [-0.3, -0.25) is 0 Å². The first kappa shape index (κ1) is 12.1. The Bertz CT molecular complexity index is 541. The van der Waals surface area contributed by atoms with Crippen molar-refractivity contribution >= 4 is 11.4 Å². The van der Waals surface area contributed by atoms with E-state index in [1.165, 1.54) is 0 Å². The van der Waals surface area contributed by atoms with Crippen molar-refractivity contribution in [3.8, 4) is 11.5 Å². The first-order valence-corrected chi connectivity index (χ1v) is 5.63. The Morgan fingerprint density at radius 2 is 1.72 bits per heavy atom. The molecule has 4 nitrogen and oxygen atoms in total. The van der Waals surface area contributed by atoms with Crippen molar-refractivity contribution in [3.63, 3.8) is 0 Å². The molecule has 0 unspecified atom stereocenters. The number of hydrogen-bond acceptors (Lipinski definition) is 4. The van der Waals surface area contributed by atoms with E-state index in [0.717, 1.165) is 5.56 Å². The third kappa shape index (κ3) is 2.85. The van der Waals surface area contributed by atoms with Crippen LogP contribution in [0.5, 0.6) is 11.5 Å². The average Bonchev–Trinajstić information content (AvgIpc) is 2.36. The van der Waals surface area contributed by atoms with Gasteiger partial charge in [-0.05, 0) is 30.7 Å². The minimum Gasteiger partial charge on any atom is -0.457 e. The van der Waals surface area contributed by atoms with E-state index in [0.29, 0.717) is 22.9 Å². The maximum atomic E-state index is 5.79. The van der Waals surface area contributed by atoms with E-state index in [-0.39, 0.29) is 6.79 Å². The molecule has 0 heterocycles. The SMILES string of the molecule is Cc1ccc(OCOc2ccccc2N)cc1N. The van der Waals surface area contributed by atoms with Gasteiger partial charge >= 0.3 is 0 Å². The van der Waals surface area contributed by atoms with E-state index in [2.05, 4.69) is 0 Å². The molecule has 94 valence electrons. The summed E-state index contributed by atoms with van der Waals surface area (Å²) in [6, 6.07) is 12.8. The highest BCUT2D eigenvalue weighted by Gasteiger charge is 2.00. The second kappa shape index (κ2) is 5.31. The number of para-hydroxylation sites is 2. The lowest BCUT2D eigenvalue weighted by Crippen LogP contribution is -2.07. The molecule has 0 aliphatic carbocycles. The maximum absolute atomic E-state index is 5.79. The molecule has 4 heteroatoms. The number of nitrogen functional groups attached to an aromatic ring is 2. The monoisotopic (exact) mass is 244 g/mol. The summed E-state index contributed by atoms with van der Waals surface area (Å²) in [5.41, 5.74) is 13.8. The normalized spacial score (nSPS) is 10.1. The Kier molecular flexibility index (Phi) is 3.57. The molecule has 0 aromatic heterocycles. The third-order valence-electron chi connectivity index (χ3n) is 2.61. The highest BCUT2D eigenvalue weighted by atomic mass is 16.7. The van der Waals surface area contributed by atoms with Gasteiger partial charge in [0.05, 0.1) is 5.69 Å². The summed E-state index contributed by atoms with van der Waals surface area (Å²) in [6.07, 6.45) is 0. The van der Waals surface area contributed by atoms with E-state index in [1.807, 2.05) is 31.2 Å². The Hall–Kier alpha value is -2.36. The molecule has 0 saturated carbocycles. The summed E-state index contributed by atoms with van der Waals surface area (Å²) in [4.78, 5) is 0. The second-order valence-corrected chi connectivity index (χ2v) is 3.96. The minimum atomic E-state index is 0.0940. The summed E-state index contributed by atoms with van der Waals surface area (Å²) >= 11 is 0. The van der Waals surface area contributed by atoms with Crippen molar-refractivity contribution < 1.29 is 9.47 Å². The van der Waals surface area contributed by atoms with E-state index in [9.17, 15) is 0 Å². The zero-order chi connectivity index (χ0) is 13.0. The summed E-state index contributed by atoms with van der Waals surface area (Å²) < 4.78 is 10.9. The molecule has 0 saturated heterocycles. The van der Waals surface area contributed by atoms with Gasteiger partial charge in [-0.15, -0.1) is 0 Å². The maximum Gasteiger partial charge on any atom is 0.230 e. The fourth-order valence-corrected chi connectivity index (χ4v) is 1.48. The zero-order valence-electron chi connectivity index (χ0n) is 10.2. The predicted octanol–water partition coefficient (Wildman–Crippen LogP) is 2.57. The molecule has 0 bridgehead atoms.